The van der Waals surface area contributed by atoms with E-state index in [-0.39, 0.29) is 39.3 Å². The Kier molecular flexibility index (Phi) is 5.79. The summed E-state index contributed by atoms with van der Waals surface area (Å²) in [5, 5.41) is 3.01. The lowest BCUT2D eigenvalue weighted by atomic mass is 10.0. The summed E-state index contributed by atoms with van der Waals surface area (Å²) < 4.78 is 25.8. The van der Waals surface area contributed by atoms with Gasteiger partial charge in [0.1, 0.15) is 4.90 Å². The lowest BCUT2D eigenvalue weighted by Crippen LogP contribution is -2.47. The number of rotatable bonds is 5. The van der Waals surface area contributed by atoms with E-state index in [1.807, 2.05) is 4.90 Å². The minimum absolute atomic E-state index is 0.0367. The van der Waals surface area contributed by atoms with Crippen molar-refractivity contribution in [2.75, 3.05) is 27.2 Å². The summed E-state index contributed by atoms with van der Waals surface area (Å²) in [5.41, 5.74) is 0.247. The molecule has 1 aliphatic heterocycles. The van der Waals surface area contributed by atoms with Gasteiger partial charge in [-0.1, -0.05) is 11.6 Å². The second-order valence-electron chi connectivity index (χ2n) is 7.28. The molecule has 7 nitrogen and oxygen atoms in total. The summed E-state index contributed by atoms with van der Waals surface area (Å²) in [4.78, 5) is 26.4. The summed E-state index contributed by atoms with van der Waals surface area (Å²) in [5.74, 6) is 0.104. The van der Waals surface area contributed by atoms with Crippen molar-refractivity contribution in [2.24, 2.45) is 5.92 Å². The van der Waals surface area contributed by atoms with Gasteiger partial charge in [-0.3, -0.25) is 9.59 Å². The molecule has 2 fully saturated rings. The first kappa shape index (κ1) is 20.1. The van der Waals surface area contributed by atoms with Crippen molar-refractivity contribution in [3.63, 3.8) is 0 Å². The van der Waals surface area contributed by atoms with E-state index in [1.165, 1.54) is 32.3 Å². The molecule has 148 valence electrons. The maximum atomic E-state index is 12.6. The Balaban J connectivity index is 1.64. The Labute approximate surface area is 164 Å². The molecular formula is C18H24ClN3O4S. The van der Waals surface area contributed by atoms with Gasteiger partial charge >= 0.3 is 0 Å². The molecule has 2 amide bonds. The van der Waals surface area contributed by atoms with Crippen LogP contribution in [-0.4, -0.2) is 62.7 Å². The van der Waals surface area contributed by atoms with Gasteiger partial charge in [-0.2, -0.15) is 0 Å². The molecule has 1 aromatic carbocycles. The van der Waals surface area contributed by atoms with Gasteiger partial charge in [-0.15, -0.1) is 0 Å². The monoisotopic (exact) mass is 413 g/mol. The Morgan fingerprint density at radius 2 is 1.78 bits per heavy atom. The maximum Gasteiger partial charge on any atom is 0.251 e. The molecule has 2 aliphatic rings. The third kappa shape index (κ3) is 4.44. The van der Waals surface area contributed by atoms with Gasteiger partial charge in [0.15, 0.2) is 0 Å². The fourth-order valence-corrected chi connectivity index (χ4v) is 4.53. The lowest BCUT2D eigenvalue weighted by Gasteiger charge is -2.32. The van der Waals surface area contributed by atoms with Gasteiger partial charge in [-0.05, 0) is 43.9 Å². The molecule has 0 bridgehead atoms. The number of likely N-dealkylation sites (tertiary alicyclic amines) is 1. The largest absolute Gasteiger partial charge is 0.349 e. The third-order valence-electron chi connectivity index (χ3n) is 5.02. The van der Waals surface area contributed by atoms with Crippen LogP contribution in [0.2, 0.25) is 5.02 Å². The Bertz CT molecular complexity index is 844. The number of amides is 2. The highest BCUT2D eigenvalue weighted by molar-refractivity contribution is 7.89. The van der Waals surface area contributed by atoms with Crippen LogP contribution < -0.4 is 5.32 Å². The highest BCUT2D eigenvalue weighted by atomic mass is 35.5. The van der Waals surface area contributed by atoms with E-state index in [0.29, 0.717) is 25.9 Å². The molecule has 1 N–H and O–H groups in total. The van der Waals surface area contributed by atoms with Gasteiger partial charge in [0.25, 0.3) is 5.91 Å². The number of halogens is 1. The molecule has 1 saturated heterocycles. The van der Waals surface area contributed by atoms with Gasteiger partial charge in [0.05, 0.1) is 5.02 Å². The first-order chi connectivity index (χ1) is 12.7. The number of benzene rings is 1. The highest BCUT2D eigenvalue weighted by Gasteiger charge is 2.35. The van der Waals surface area contributed by atoms with Crippen molar-refractivity contribution in [1.29, 1.82) is 0 Å². The SMILES string of the molecule is CN(C)S(=O)(=O)c1cc(C(=O)NC2CCN(C(=O)C3CC3)CC2)ccc1Cl. The third-order valence-corrected chi connectivity index (χ3v) is 7.32. The van der Waals surface area contributed by atoms with Crippen LogP contribution in [0.15, 0.2) is 23.1 Å². The molecule has 9 heteroatoms. The Hall–Kier alpha value is -1.64. The average molecular weight is 414 g/mol. The van der Waals surface area contributed by atoms with E-state index in [1.54, 1.807) is 0 Å². The number of nitrogens with zero attached hydrogens (tertiary/aromatic N) is 2. The molecule has 1 aromatic rings. The van der Waals surface area contributed by atoms with Crippen LogP contribution >= 0.6 is 11.6 Å². The molecule has 27 heavy (non-hydrogen) atoms. The normalized spacial score (nSPS) is 18.6. The second-order valence-corrected chi connectivity index (χ2v) is 9.81. The van der Waals surface area contributed by atoms with Crippen LogP contribution in [0.1, 0.15) is 36.0 Å². The quantitative estimate of drug-likeness (QED) is 0.796. The van der Waals surface area contributed by atoms with Crippen LogP contribution in [0.3, 0.4) is 0 Å². The number of hydrogen-bond donors (Lipinski definition) is 1. The van der Waals surface area contributed by atoms with Gasteiger partial charge in [-0.25, -0.2) is 12.7 Å². The number of sulfonamides is 1. The predicted octanol–water partition coefficient (Wildman–Crippen LogP) is 1.72. The van der Waals surface area contributed by atoms with Gasteiger partial charge < -0.3 is 10.2 Å². The predicted molar refractivity (Wildman–Crippen MR) is 102 cm³/mol. The summed E-state index contributed by atoms with van der Waals surface area (Å²) in [7, 11) is -0.915. The van der Waals surface area contributed by atoms with E-state index in [0.717, 1.165) is 17.1 Å². The summed E-state index contributed by atoms with van der Waals surface area (Å²) in [6.45, 7) is 1.28. The van der Waals surface area contributed by atoms with Crippen LogP contribution in [0.25, 0.3) is 0 Å². The van der Waals surface area contributed by atoms with E-state index in [4.69, 9.17) is 11.6 Å². The van der Waals surface area contributed by atoms with Crippen LogP contribution in [0, 0.1) is 5.92 Å². The van der Waals surface area contributed by atoms with Crippen LogP contribution in [0.5, 0.6) is 0 Å². The molecule has 0 aromatic heterocycles. The molecule has 3 rings (SSSR count). The standard InChI is InChI=1S/C18H24ClN3O4S/c1-21(2)27(25,26)16-11-13(5-6-15(16)19)17(23)20-14-7-9-22(10-8-14)18(24)12-3-4-12/h5-6,11-12,14H,3-4,7-10H2,1-2H3,(H,20,23). The maximum absolute atomic E-state index is 12.6. The molecule has 1 saturated carbocycles. The van der Waals surface area contributed by atoms with Crippen LogP contribution in [0.4, 0.5) is 0 Å². The van der Waals surface area contributed by atoms with Crippen molar-refractivity contribution in [2.45, 2.75) is 36.6 Å². The van der Waals surface area contributed by atoms with Crippen molar-refractivity contribution in [3.05, 3.63) is 28.8 Å². The van der Waals surface area contributed by atoms with E-state index in [2.05, 4.69) is 5.32 Å². The zero-order chi connectivity index (χ0) is 19.8. The summed E-state index contributed by atoms with van der Waals surface area (Å²) in [6.07, 6.45) is 3.37. The summed E-state index contributed by atoms with van der Waals surface area (Å²) in [6, 6.07) is 4.20. The number of carbonyl (C=O) groups is 2. The van der Waals surface area contributed by atoms with Crippen molar-refractivity contribution in [3.8, 4) is 0 Å². The van der Waals surface area contributed by atoms with Crippen LogP contribution in [-0.2, 0) is 14.8 Å². The molecule has 0 radical (unpaired) electrons. The molecule has 1 heterocycles. The minimum Gasteiger partial charge on any atom is -0.349 e. The lowest BCUT2D eigenvalue weighted by molar-refractivity contribution is -0.133. The smallest absolute Gasteiger partial charge is 0.251 e. The van der Waals surface area contributed by atoms with E-state index in [9.17, 15) is 18.0 Å². The zero-order valence-corrected chi connectivity index (χ0v) is 17.0. The van der Waals surface area contributed by atoms with E-state index >= 15 is 0 Å². The van der Waals surface area contributed by atoms with Gasteiger partial charge in [0, 0.05) is 44.7 Å². The molecule has 0 spiro atoms. The Morgan fingerprint density at radius 1 is 1.15 bits per heavy atom. The summed E-state index contributed by atoms with van der Waals surface area (Å²) >= 11 is 6.02. The number of carbonyl (C=O) groups excluding carboxylic acids is 2. The van der Waals surface area contributed by atoms with Crippen molar-refractivity contribution in [1.82, 2.24) is 14.5 Å². The first-order valence-corrected chi connectivity index (χ1v) is 10.8. The molecule has 0 unspecified atom stereocenters. The molecular weight excluding hydrogens is 390 g/mol. The van der Waals surface area contributed by atoms with Crippen molar-refractivity contribution < 1.29 is 18.0 Å². The highest BCUT2D eigenvalue weighted by Crippen LogP contribution is 2.32. The first-order valence-electron chi connectivity index (χ1n) is 9.02. The minimum atomic E-state index is -3.74. The van der Waals surface area contributed by atoms with Crippen molar-refractivity contribution >= 4 is 33.4 Å². The molecule has 0 atom stereocenters. The number of piperidine rings is 1. The fourth-order valence-electron chi connectivity index (χ4n) is 3.14. The van der Waals surface area contributed by atoms with Gasteiger partial charge in [0.2, 0.25) is 15.9 Å². The average Bonchev–Trinajstić information content (AvgIpc) is 3.47. The fraction of sp³-hybridized carbons (Fsp3) is 0.556. The second kappa shape index (κ2) is 7.77. The zero-order valence-electron chi connectivity index (χ0n) is 15.4. The van der Waals surface area contributed by atoms with E-state index < -0.39 is 10.0 Å². The number of hydrogen-bond acceptors (Lipinski definition) is 4. The topological polar surface area (TPSA) is 86.8 Å². The molecule has 1 aliphatic carbocycles. The number of nitrogens with one attached hydrogen (secondary N) is 1. The Morgan fingerprint density at radius 3 is 2.33 bits per heavy atom.